The first-order valence-corrected chi connectivity index (χ1v) is 6.25. The minimum atomic E-state index is -0.188. The minimum Gasteiger partial charge on any atom is -0.508 e. The molecule has 1 aliphatic rings. The van der Waals surface area contributed by atoms with Crippen molar-refractivity contribution in [1.82, 2.24) is 5.32 Å². The third kappa shape index (κ3) is 4.99. The van der Waals surface area contributed by atoms with Crippen molar-refractivity contribution < 1.29 is 9.90 Å². The molecule has 0 aromatic carbocycles. The van der Waals surface area contributed by atoms with Gasteiger partial charge in [0.2, 0.25) is 0 Å². The Balaban J connectivity index is 2.79. The van der Waals surface area contributed by atoms with Crippen molar-refractivity contribution in [1.29, 1.82) is 0 Å². The maximum Gasteiger partial charge on any atom is 0.265 e. The van der Waals surface area contributed by atoms with Crippen LogP contribution in [0.15, 0.2) is 41.3 Å². The third-order valence-electron chi connectivity index (χ3n) is 2.58. The highest BCUT2D eigenvalue weighted by Crippen LogP contribution is 2.07. The normalized spacial score (nSPS) is 21.6. The van der Waals surface area contributed by atoms with Gasteiger partial charge in [-0.15, -0.1) is 0 Å². The van der Waals surface area contributed by atoms with Gasteiger partial charge in [0.15, 0.2) is 0 Å². The van der Waals surface area contributed by atoms with E-state index in [0.29, 0.717) is 24.4 Å². The number of carbonyl (C=O) groups excluding carboxylic acids is 1. The predicted molar refractivity (Wildman–Crippen MR) is 73.6 cm³/mol. The summed E-state index contributed by atoms with van der Waals surface area (Å²) in [6.07, 6.45) is 8.44. The zero-order valence-electron chi connectivity index (χ0n) is 10.8. The van der Waals surface area contributed by atoms with Gasteiger partial charge in [-0.2, -0.15) is 0 Å². The third-order valence-corrected chi connectivity index (χ3v) is 2.58. The van der Waals surface area contributed by atoms with Crippen molar-refractivity contribution in [3.05, 3.63) is 36.3 Å². The van der Waals surface area contributed by atoms with E-state index in [9.17, 15) is 9.90 Å². The topological polar surface area (TPSA) is 61.7 Å². The number of carbonyl (C=O) groups is 1. The molecular weight excluding hydrogens is 228 g/mol. The van der Waals surface area contributed by atoms with E-state index in [1.807, 2.05) is 0 Å². The molecule has 0 aromatic heterocycles. The van der Waals surface area contributed by atoms with Crippen LogP contribution in [0.5, 0.6) is 0 Å². The van der Waals surface area contributed by atoms with Crippen molar-refractivity contribution in [2.75, 3.05) is 6.54 Å². The lowest BCUT2D eigenvalue weighted by atomic mass is 10.1. The molecule has 98 valence electrons. The minimum absolute atomic E-state index is 0.0982. The molecular formula is C14H20N2O2. The monoisotopic (exact) mass is 248 g/mol. The molecule has 0 atom stereocenters. The lowest BCUT2D eigenvalue weighted by molar-refractivity contribution is -0.114. The molecule has 4 nitrogen and oxygen atoms in total. The molecule has 0 saturated carbocycles. The number of rotatable bonds is 4. The van der Waals surface area contributed by atoms with Crippen LogP contribution in [0.3, 0.4) is 0 Å². The summed E-state index contributed by atoms with van der Waals surface area (Å²) in [5.74, 6) is -0.0901. The van der Waals surface area contributed by atoms with E-state index in [1.54, 1.807) is 6.08 Å². The van der Waals surface area contributed by atoms with Gasteiger partial charge in [0.1, 0.15) is 11.5 Å². The molecule has 18 heavy (non-hydrogen) atoms. The van der Waals surface area contributed by atoms with E-state index in [1.165, 1.54) is 12.2 Å². The SMILES string of the molecule is C=C1/C=C\C(O)=C/CNC(=O)C(CCCCC)=N1. The van der Waals surface area contributed by atoms with Gasteiger partial charge >= 0.3 is 0 Å². The Morgan fingerprint density at radius 1 is 1.44 bits per heavy atom. The van der Waals surface area contributed by atoms with E-state index in [4.69, 9.17) is 0 Å². The highest BCUT2D eigenvalue weighted by molar-refractivity contribution is 6.39. The summed E-state index contributed by atoms with van der Waals surface area (Å²) in [6, 6.07) is 0. The summed E-state index contributed by atoms with van der Waals surface area (Å²) in [4.78, 5) is 16.1. The van der Waals surface area contributed by atoms with Crippen LogP contribution < -0.4 is 5.32 Å². The number of aliphatic hydroxyl groups excluding tert-OH is 1. The van der Waals surface area contributed by atoms with Crippen molar-refractivity contribution >= 4 is 11.6 Å². The number of hydrogen-bond acceptors (Lipinski definition) is 3. The highest BCUT2D eigenvalue weighted by Gasteiger charge is 2.11. The Morgan fingerprint density at radius 2 is 2.22 bits per heavy atom. The predicted octanol–water partition coefficient (Wildman–Crippen LogP) is 2.65. The number of hydrogen-bond donors (Lipinski definition) is 2. The average Bonchev–Trinajstić information content (AvgIpc) is 2.34. The van der Waals surface area contributed by atoms with Crippen LogP contribution in [-0.4, -0.2) is 23.3 Å². The largest absolute Gasteiger partial charge is 0.508 e. The number of nitrogens with zero attached hydrogens (tertiary/aromatic N) is 1. The Hall–Kier alpha value is -1.84. The Kier molecular flexibility index (Phi) is 5.91. The number of aliphatic hydroxyl groups is 1. The van der Waals surface area contributed by atoms with Crippen LogP contribution in [0.4, 0.5) is 0 Å². The fraction of sp³-hybridized carbons (Fsp3) is 0.429. The molecule has 0 aromatic rings. The molecule has 0 fully saturated rings. The lowest BCUT2D eigenvalue weighted by Crippen LogP contribution is -2.31. The molecule has 1 heterocycles. The van der Waals surface area contributed by atoms with Gasteiger partial charge in [0, 0.05) is 6.54 Å². The molecule has 0 radical (unpaired) electrons. The molecule has 1 amide bonds. The van der Waals surface area contributed by atoms with E-state index in [2.05, 4.69) is 23.8 Å². The summed E-state index contributed by atoms with van der Waals surface area (Å²) >= 11 is 0. The second kappa shape index (κ2) is 7.48. The molecule has 0 aliphatic carbocycles. The van der Waals surface area contributed by atoms with E-state index in [-0.39, 0.29) is 11.7 Å². The quantitative estimate of drug-likeness (QED) is 0.751. The smallest absolute Gasteiger partial charge is 0.265 e. The standard InChI is InChI=1S/C14H20N2O2/c1-3-4-5-6-13-14(18)15-10-9-12(17)8-7-11(2)16-13/h7-9,17H,2-6,10H2,1H3,(H,15,18)/b8-7-,12-9+,16-13?. The second-order valence-corrected chi connectivity index (χ2v) is 4.18. The van der Waals surface area contributed by atoms with Crippen LogP contribution in [0, 0.1) is 0 Å². The number of unbranched alkanes of at least 4 members (excludes halogenated alkanes) is 2. The van der Waals surface area contributed by atoms with Crippen molar-refractivity contribution in [2.45, 2.75) is 32.6 Å². The molecule has 2 N–H and O–H groups in total. The van der Waals surface area contributed by atoms with Crippen LogP contribution in [0.1, 0.15) is 32.6 Å². The van der Waals surface area contributed by atoms with Gasteiger partial charge in [0.25, 0.3) is 5.91 Å². The summed E-state index contributed by atoms with van der Waals surface area (Å²) in [7, 11) is 0. The summed E-state index contributed by atoms with van der Waals surface area (Å²) in [5, 5.41) is 12.1. The number of amides is 1. The van der Waals surface area contributed by atoms with Gasteiger partial charge in [-0.3, -0.25) is 4.79 Å². The van der Waals surface area contributed by atoms with Gasteiger partial charge < -0.3 is 10.4 Å². The van der Waals surface area contributed by atoms with E-state index in [0.717, 1.165) is 19.3 Å². The number of allylic oxidation sites excluding steroid dienone is 2. The van der Waals surface area contributed by atoms with Gasteiger partial charge in [-0.05, 0) is 31.1 Å². The van der Waals surface area contributed by atoms with E-state index >= 15 is 0 Å². The first-order valence-electron chi connectivity index (χ1n) is 6.25. The summed E-state index contributed by atoms with van der Waals surface area (Å²) < 4.78 is 0. The molecule has 0 bridgehead atoms. The van der Waals surface area contributed by atoms with Gasteiger partial charge in [-0.25, -0.2) is 4.99 Å². The lowest BCUT2D eigenvalue weighted by Gasteiger charge is -2.08. The molecule has 0 unspecified atom stereocenters. The van der Waals surface area contributed by atoms with Crippen molar-refractivity contribution in [2.24, 2.45) is 4.99 Å². The van der Waals surface area contributed by atoms with Crippen LogP contribution in [-0.2, 0) is 4.79 Å². The zero-order chi connectivity index (χ0) is 13.4. The van der Waals surface area contributed by atoms with Crippen LogP contribution >= 0.6 is 0 Å². The zero-order valence-corrected chi connectivity index (χ0v) is 10.8. The van der Waals surface area contributed by atoms with Crippen molar-refractivity contribution in [3.8, 4) is 0 Å². The van der Waals surface area contributed by atoms with Gasteiger partial charge in [-0.1, -0.05) is 26.3 Å². The van der Waals surface area contributed by atoms with E-state index < -0.39 is 0 Å². The highest BCUT2D eigenvalue weighted by atomic mass is 16.3. The first kappa shape index (κ1) is 14.2. The fourth-order valence-corrected chi connectivity index (χ4v) is 1.57. The van der Waals surface area contributed by atoms with Crippen LogP contribution in [0.25, 0.3) is 0 Å². The molecule has 1 aliphatic heterocycles. The molecule has 0 spiro atoms. The summed E-state index contributed by atoms with van der Waals surface area (Å²) in [5.41, 5.74) is 0.978. The Morgan fingerprint density at radius 3 is 2.94 bits per heavy atom. The Bertz CT molecular complexity index is 406. The first-order chi connectivity index (χ1) is 8.63. The maximum atomic E-state index is 11.9. The molecule has 0 saturated heterocycles. The molecule has 1 rings (SSSR count). The van der Waals surface area contributed by atoms with Crippen molar-refractivity contribution in [3.63, 3.8) is 0 Å². The fourth-order valence-electron chi connectivity index (χ4n) is 1.57. The van der Waals surface area contributed by atoms with Crippen LogP contribution in [0.2, 0.25) is 0 Å². The summed E-state index contributed by atoms with van der Waals surface area (Å²) in [6.45, 7) is 6.16. The van der Waals surface area contributed by atoms with Gasteiger partial charge in [0.05, 0.1) is 5.70 Å². The maximum absolute atomic E-state index is 11.9. The average molecular weight is 248 g/mol. The second-order valence-electron chi connectivity index (χ2n) is 4.18. The number of aliphatic imine (C=N–C) groups is 1. The Labute approximate surface area is 108 Å². The molecule has 4 heteroatoms. The number of nitrogens with one attached hydrogen (secondary N) is 1.